The largest absolute Gasteiger partial charge is 0.494 e. The van der Waals surface area contributed by atoms with Crippen molar-refractivity contribution in [2.24, 2.45) is 0 Å². The van der Waals surface area contributed by atoms with Gasteiger partial charge in [-0.05, 0) is 43.7 Å². The van der Waals surface area contributed by atoms with Crippen molar-refractivity contribution in [2.45, 2.75) is 12.8 Å². The second-order valence-electron chi connectivity index (χ2n) is 6.03. The van der Waals surface area contributed by atoms with Gasteiger partial charge in [0.1, 0.15) is 5.75 Å². The maximum atomic E-state index is 5.74. The Morgan fingerprint density at radius 2 is 1.39 bits per heavy atom. The highest BCUT2D eigenvalue weighted by Gasteiger charge is 2.16. The molecule has 1 aliphatic rings. The van der Waals surface area contributed by atoms with Crippen LogP contribution in [0.25, 0.3) is 0 Å². The van der Waals surface area contributed by atoms with E-state index in [1.807, 2.05) is 30.3 Å². The third kappa shape index (κ3) is 5.00. The Kier molecular flexibility index (Phi) is 5.93. The maximum absolute atomic E-state index is 5.74. The Morgan fingerprint density at radius 3 is 2.09 bits per heavy atom. The summed E-state index contributed by atoms with van der Waals surface area (Å²) >= 11 is 0. The second kappa shape index (κ2) is 8.59. The summed E-state index contributed by atoms with van der Waals surface area (Å²) in [4.78, 5) is 5.05. The summed E-state index contributed by atoms with van der Waals surface area (Å²) in [5.74, 6) is 0.976. The molecule has 1 heterocycles. The molecule has 0 radical (unpaired) electrons. The minimum atomic E-state index is 0.813. The van der Waals surface area contributed by atoms with Gasteiger partial charge in [0.05, 0.1) is 6.61 Å². The molecule has 2 aromatic rings. The van der Waals surface area contributed by atoms with Gasteiger partial charge >= 0.3 is 0 Å². The van der Waals surface area contributed by atoms with Crippen LogP contribution >= 0.6 is 0 Å². The summed E-state index contributed by atoms with van der Waals surface area (Å²) in [6.07, 6.45) is 2.33. The fourth-order valence-electron chi connectivity index (χ4n) is 3.01. The molecule has 0 aliphatic carbocycles. The van der Waals surface area contributed by atoms with Crippen LogP contribution < -0.4 is 9.64 Å². The van der Waals surface area contributed by atoms with Gasteiger partial charge in [0.15, 0.2) is 0 Å². The maximum Gasteiger partial charge on any atom is 0.119 e. The number of hydrogen-bond acceptors (Lipinski definition) is 3. The molecule has 3 rings (SSSR count). The molecule has 3 nitrogen and oxygen atoms in total. The van der Waals surface area contributed by atoms with E-state index in [0.717, 1.165) is 45.0 Å². The van der Waals surface area contributed by atoms with Gasteiger partial charge in [-0.15, -0.1) is 0 Å². The van der Waals surface area contributed by atoms with Crippen LogP contribution in [0.15, 0.2) is 60.7 Å². The Morgan fingerprint density at radius 1 is 0.739 bits per heavy atom. The van der Waals surface area contributed by atoms with Crippen molar-refractivity contribution >= 4 is 5.69 Å². The fraction of sp³-hybridized carbons (Fsp3) is 0.400. The molecule has 0 unspecified atom stereocenters. The predicted octanol–water partition coefficient (Wildman–Crippen LogP) is 3.67. The number of benzene rings is 2. The highest BCUT2D eigenvalue weighted by molar-refractivity contribution is 5.46. The first-order valence-corrected chi connectivity index (χ1v) is 8.62. The van der Waals surface area contributed by atoms with Crippen molar-refractivity contribution in [3.05, 3.63) is 60.7 Å². The average molecular weight is 310 g/mol. The molecule has 0 aromatic heterocycles. The van der Waals surface area contributed by atoms with Crippen molar-refractivity contribution in [1.82, 2.24) is 4.90 Å². The summed E-state index contributed by atoms with van der Waals surface area (Å²) in [6.45, 7) is 6.58. The van der Waals surface area contributed by atoms with Crippen molar-refractivity contribution in [1.29, 1.82) is 0 Å². The molecule has 0 spiro atoms. The zero-order valence-electron chi connectivity index (χ0n) is 13.7. The normalized spacial score (nSPS) is 15.6. The van der Waals surface area contributed by atoms with Gasteiger partial charge in [0.2, 0.25) is 0 Å². The van der Waals surface area contributed by atoms with Gasteiger partial charge in [-0.1, -0.05) is 36.4 Å². The second-order valence-corrected chi connectivity index (χ2v) is 6.03. The van der Waals surface area contributed by atoms with Crippen LogP contribution in [0.3, 0.4) is 0 Å². The molecule has 0 amide bonds. The smallest absolute Gasteiger partial charge is 0.119 e. The minimum Gasteiger partial charge on any atom is -0.494 e. The number of anilines is 1. The van der Waals surface area contributed by atoms with E-state index < -0.39 is 0 Å². The zero-order chi connectivity index (χ0) is 15.7. The molecular weight excluding hydrogens is 284 g/mol. The van der Waals surface area contributed by atoms with Crippen molar-refractivity contribution < 1.29 is 4.74 Å². The molecule has 1 aliphatic heterocycles. The highest BCUT2D eigenvalue weighted by atomic mass is 16.5. The standard InChI is InChI=1S/C20H26N2O/c1-3-9-19(10-4-1)22-16-14-21(15-17-22)13-7-8-18-23-20-11-5-2-6-12-20/h1-6,9-12H,7-8,13-18H2. The predicted molar refractivity (Wildman–Crippen MR) is 96.3 cm³/mol. The quantitative estimate of drug-likeness (QED) is 0.726. The van der Waals surface area contributed by atoms with E-state index in [9.17, 15) is 0 Å². The minimum absolute atomic E-state index is 0.813. The summed E-state index contributed by atoms with van der Waals surface area (Å²) in [5.41, 5.74) is 1.35. The van der Waals surface area contributed by atoms with Crippen LogP contribution in [0.2, 0.25) is 0 Å². The third-order valence-electron chi connectivity index (χ3n) is 4.37. The first-order chi connectivity index (χ1) is 11.4. The number of para-hydroxylation sites is 2. The van der Waals surface area contributed by atoms with Crippen LogP contribution in [0, 0.1) is 0 Å². The average Bonchev–Trinajstić information content (AvgIpc) is 2.64. The molecule has 0 bridgehead atoms. The molecule has 1 saturated heterocycles. The van der Waals surface area contributed by atoms with Gasteiger partial charge in [-0.3, -0.25) is 4.90 Å². The third-order valence-corrected chi connectivity index (χ3v) is 4.37. The van der Waals surface area contributed by atoms with E-state index in [-0.39, 0.29) is 0 Å². The summed E-state index contributed by atoms with van der Waals surface area (Å²) in [7, 11) is 0. The number of ether oxygens (including phenoxy) is 1. The Labute approximate surface area is 139 Å². The van der Waals surface area contributed by atoms with Crippen LogP contribution in [-0.2, 0) is 0 Å². The molecule has 0 N–H and O–H groups in total. The number of nitrogens with zero attached hydrogens (tertiary/aromatic N) is 2. The van der Waals surface area contributed by atoms with E-state index in [1.54, 1.807) is 0 Å². The van der Waals surface area contributed by atoms with Crippen LogP contribution in [-0.4, -0.2) is 44.2 Å². The highest BCUT2D eigenvalue weighted by Crippen LogP contribution is 2.15. The van der Waals surface area contributed by atoms with Gasteiger partial charge in [-0.25, -0.2) is 0 Å². The lowest BCUT2D eigenvalue weighted by atomic mass is 10.2. The lowest BCUT2D eigenvalue weighted by molar-refractivity contribution is 0.238. The lowest BCUT2D eigenvalue weighted by Crippen LogP contribution is -2.46. The van der Waals surface area contributed by atoms with E-state index >= 15 is 0 Å². The van der Waals surface area contributed by atoms with E-state index in [4.69, 9.17) is 4.74 Å². The molecule has 1 fully saturated rings. The molecule has 0 saturated carbocycles. The molecule has 122 valence electrons. The number of unbranched alkanes of at least 4 members (excludes halogenated alkanes) is 1. The number of rotatable bonds is 7. The van der Waals surface area contributed by atoms with Crippen LogP contribution in [0.1, 0.15) is 12.8 Å². The van der Waals surface area contributed by atoms with E-state index in [2.05, 4.69) is 40.1 Å². The Bertz CT molecular complexity index is 550. The molecular formula is C20H26N2O. The zero-order valence-corrected chi connectivity index (χ0v) is 13.7. The van der Waals surface area contributed by atoms with E-state index in [1.165, 1.54) is 18.7 Å². The summed E-state index contributed by atoms with van der Waals surface area (Å²) in [5, 5.41) is 0. The monoisotopic (exact) mass is 310 g/mol. The van der Waals surface area contributed by atoms with Crippen LogP contribution in [0.4, 0.5) is 5.69 Å². The Balaban J connectivity index is 1.29. The van der Waals surface area contributed by atoms with E-state index in [0.29, 0.717) is 0 Å². The molecule has 2 aromatic carbocycles. The van der Waals surface area contributed by atoms with Gasteiger partial charge in [0, 0.05) is 31.9 Å². The number of hydrogen-bond donors (Lipinski definition) is 0. The Hall–Kier alpha value is -2.00. The van der Waals surface area contributed by atoms with Gasteiger partial charge in [0.25, 0.3) is 0 Å². The summed E-state index contributed by atoms with van der Waals surface area (Å²) in [6, 6.07) is 20.8. The first kappa shape index (κ1) is 15.9. The molecule has 0 atom stereocenters. The van der Waals surface area contributed by atoms with Gasteiger partial charge in [-0.2, -0.15) is 0 Å². The van der Waals surface area contributed by atoms with Crippen molar-refractivity contribution in [3.63, 3.8) is 0 Å². The van der Waals surface area contributed by atoms with Gasteiger partial charge < -0.3 is 9.64 Å². The number of piperazine rings is 1. The fourth-order valence-corrected chi connectivity index (χ4v) is 3.01. The SMILES string of the molecule is c1ccc(OCCCCN2CCN(c3ccccc3)CC2)cc1. The molecule has 3 heteroatoms. The molecule has 23 heavy (non-hydrogen) atoms. The van der Waals surface area contributed by atoms with Crippen molar-refractivity contribution in [2.75, 3.05) is 44.2 Å². The van der Waals surface area contributed by atoms with Crippen LogP contribution in [0.5, 0.6) is 5.75 Å². The summed E-state index contributed by atoms with van der Waals surface area (Å²) < 4.78 is 5.74. The topological polar surface area (TPSA) is 15.7 Å². The lowest BCUT2D eigenvalue weighted by Gasteiger charge is -2.36. The van der Waals surface area contributed by atoms with Crippen molar-refractivity contribution in [3.8, 4) is 5.75 Å². The first-order valence-electron chi connectivity index (χ1n) is 8.62.